The molecule has 0 aliphatic carbocycles. The summed E-state index contributed by atoms with van der Waals surface area (Å²) >= 11 is 1.61. The Morgan fingerprint density at radius 3 is 2.94 bits per heavy atom. The molecule has 166 valence electrons. The van der Waals surface area contributed by atoms with Crippen LogP contribution in [0.25, 0.3) is 21.9 Å². The molecule has 9 heteroatoms. The number of fused-ring (bicyclic) bond motifs is 2. The van der Waals surface area contributed by atoms with E-state index in [1.54, 1.807) is 30.3 Å². The van der Waals surface area contributed by atoms with E-state index >= 15 is 0 Å². The van der Waals surface area contributed by atoms with E-state index in [1.807, 2.05) is 47.4 Å². The van der Waals surface area contributed by atoms with Crippen molar-refractivity contribution >= 4 is 33.6 Å². The lowest BCUT2D eigenvalue weighted by atomic mass is 10.2. The van der Waals surface area contributed by atoms with Crippen LogP contribution in [0.1, 0.15) is 31.2 Å². The van der Waals surface area contributed by atoms with Crippen molar-refractivity contribution in [3.05, 3.63) is 77.3 Å². The molecule has 1 unspecified atom stereocenters. The number of nitrogens with zero attached hydrogens (tertiary/aromatic N) is 5. The van der Waals surface area contributed by atoms with Gasteiger partial charge in [-0.25, -0.2) is 14.3 Å². The van der Waals surface area contributed by atoms with E-state index < -0.39 is 0 Å². The van der Waals surface area contributed by atoms with E-state index in [4.69, 9.17) is 9.15 Å². The Morgan fingerprint density at radius 2 is 2.03 bits per heavy atom. The zero-order chi connectivity index (χ0) is 22.2. The van der Waals surface area contributed by atoms with Gasteiger partial charge in [-0.1, -0.05) is 11.8 Å². The van der Waals surface area contributed by atoms with Crippen molar-refractivity contribution in [1.29, 1.82) is 0 Å². The number of furan rings is 1. The molecule has 1 fully saturated rings. The Kier molecular flexibility index (Phi) is 5.20. The summed E-state index contributed by atoms with van der Waals surface area (Å²) in [7, 11) is 0. The summed E-state index contributed by atoms with van der Waals surface area (Å²) in [6.45, 7) is 1.09. The highest BCUT2D eigenvalue weighted by Gasteiger charge is 2.17. The molecule has 1 saturated heterocycles. The molecule has 8 nitrogen and oxygen atoms in total. The molecule has 1 atom stereocenters. The van der Waals surface area contributed by atoms with Gasteiger partial charge in [0.25, 0.3) is 5.56 Å². The summed E-state index contributed by atoms with van der Waals surface area (Å²) in [5, 5.41) is 10.3. The first-order valence-electron chi connectivity index (χ1n) is 10.9. The Labute approximate surface area is 193 Å². The van der Waals surface area contributed by atoms with Crippen LogP contribution >= 0.6 is 11.8 Å². The van der Waals surface area contributed by atoms with Crippen molar-refractivity contribution in [3.63, 3.8) is 0 Å². The van der Waals surface area contributed by atoms with E-state index in [1.165, 1.54) is 4.68 Å². The SMILES string of the molecule is O=c1c2ccc(Sc3cnn(C4CCCCO4)c3)cc2cnn1Cc1ccc2occc2n1. The van der Waals surface area contributed by atoms with Crippen LogP contribution in [0, 0.1) is 0 Å². The average molecular weight is 460 g/mol. The van der Waals surface area contributed by atoms with Crippen LogP contribution in [0.15, 0.2) is 80.3 Å². The first-order chi connectivity index (χ1) is 16.2. The zero-order valence-corrected chi connectivity index (χ0v) is 18.6. The minimum absolute atomic E-state index is 0.0241. The second kappa shape index (κ2) is 8.49. The maximum absolute atomic E-state index is 13.0. The molecule has 4 aromatic heterocycles. The number of pyridine rings is 1. The highest BCUT2D eigenvalue weighted by molar-refractivity contribution is 7.99. The molecule has 0 radical (unpaired) electrons. The van der Waals surface area contributed by atoms with Gasteiger partial charge in [-0.15, -0.1) is 0 Å². The number of hydrogen-bond acceptors (Lipinski definition) is 7. The lowest BCUT2D eigenvalue weighted by Crippen LogP contribution is -2.23. The lowest BCUT2D eigenvalue weighted by Gasteiger charge is -2.22. The van der Waals surface area contributed by atoms with Crippen LogP contribution in [0.4, 0.5) is 0 Å². The smallest absolute Gasteiger partial charge is 0.274 e. The highest BCUT2D eigenvalue weighted by atomic mass is 32.2. The molecule has 1 aliphatic rings. The number of rotatable bonds is 5. The minimum Gasteiger partial charge on any atom is -0.463 e. The van der Waals surface area contributed by atoms with Crippen LogP contribution in [0.5, 0.6) is 0 Å². The molecular weight excluding hydrogens is 438 g/mol. The first kappa shape index (κ1) is 20.2. The number of aromatic nitrogens is 5. The summed E-state index contributed by atoms with van der Waals surface area (Å²) in [6.07, 6.45) is 10.5. The molecule has 5 heterocycles. The van der Waals surface area contributed by atoms with Crippen molar-refractivity contribution in [2.75, 3.05) is 6.61 Å². The molecule has 0 saturated carbocycles. The molecule has 0 spiro atoms. The summed E-state index contributed by atoms with van der Waals surface area (Å²) in [4.78, 5) is 19.6. The fraction of sp³-hybridized carbons (Fsp3) is 0.250. The van der Waals surface area contributed by atoms with Crippen molar-refractivity contribution < 1.29 is 9.15 Å². The average Bonchev–Trinajstić information content (AvgIpc) is 3.51. The minimum atomic E-state index is -0.139. The lowest BCUT2D eigenvalue weighted by molar-refractivity contribution is -0.0396. The largest absolute Gasteiger partial charge is 0.463 e. The van der Waals surface area contributed by atoms with Gasteiger partial charge in [-0.05, 0) is 49.6 Å². The van der Waals surface area contributed by atoms with Crippen LogP contribution < -0.4 is 5.56 Å². The second-order valence-corrected chi connectivity index (χ2v) is 9.19. The molecule has 1 aromatic carbocycles. The van der Waals surface area contributed by atoms with Gasteiger partial charge in [0.05, 0.1) is 41.2 Å². The number of benzene rings is 1. The number of hydrogen-bond donors (Lipinski definition) is 0. The molecule has 33 heavy (non-hydrogen) atoms. The van der Waals surface area contributed by atoms with Gasteiger partial charge in [0, 0.05) is 29.2 Å². The van der Waals surface area contributed by atoms with Gasteiger partial charge in [0.15, 0.2) is 5.58 Å². The third kappa shape index (κ3) is 4.05. The van der Waals surface area contributed by atoms with Crippen LogP contribution in [0.3, 0.4) is 0 Å². The fourth-order valence-corrected chi connectivity index (χ4v) is 4.93. The Bertz CT molecular complexity index is 1500. The van der Waals surface area contributed by atoms with E-state index in [-0.39, 0.29) is 11.8 Å². The van der Waals surface area contributed by atoms with Gasteiger partial charge in [0.2, 0.25) is 0 Å². The maximum atomic E-state index is 13.0. The Balaban J connectivity index is 1.22. The molecule has 1 aliphatic heterocycles. The summed E-state index contributed by atoms with van der Waals surface area (Å²) < 4.78 is 14.5. The molecule has 0 amide bonds. The van der Waals surface area contributed by atoms with Gasteiger partial charge in [-0.2, -0.15) is 10.2 Å². The zero-order valence-electron chi connectivity index (χ0n) is 17.8. The second-order valence-electron chi connectivity index (χ2n) is 8.04. The summed E-state index contributed by atoms with van der Waals surface area (Å²) in [5.41, 5.74) is 2.10. The third-order valence-electron chi connectivity index (χ3n) is 5.76. The van der Waals surface area contributed by atoms with Crippen molar-refractivity contribution in [3.8, 4) is 0 Å². The molecule has 6 rings (SSSR count). The predicted octanol–water partition coefficient (Wildman–Crippen LogP) is 4.63. The molecular formula is C24H21N5O3S. The topological polar surface area (TPSA) is 88.0 Å². The molecule has 0 bridgehead atoms. The number of ether oxygens (including phenoxy) is 1. The summed E-state index contributed by atoms with van der Waals surface area (Å²) in [6, 6.07) is 11.3. The molecule has 5 aromatic rings. The van der Waals surface area contributed by atoms with Crippen LogP contribution in [0.2, 0.25) is 0 Å². The first-order valence-corrected chi connectivity index (χ1v) is 11.7. The maximum Gasteiger partial charge on any atom is 0.274 e. The van der Waals surface area contributed by atoms with E-state index in [0.29, 0.717) is 11.9 Å². The normalized spacial score (nSPS) is 16.5. The van der Waals surface area contributed by atoms with Crippen LogP contribution in [-0.2, 0) is 11.3 Å². The quantitative estimate of drug-likeness (QED) is 0.378. The fourth-order valence-electron chi connectivity index (χ4n) is 4.08. The van der Waals surface area contributed by atoms with Crippen molar-refractivity contribution in [1.82, 2.24) is 24.5 Å². The van der Waals surface area contributed by atoms with Crippen LogP contribution in [-0.4, -0.2) is 31.2 Å². The Morgan fingerprint density at radius 1 is 1.06 bits per heavy atom. The highest BCUT2D eigenvalue weighted by Crippen LogP contribution is 2.31. The monoisotopic (exact) mass is 459 g/mol. The van der Waals surface area contributed by atoms with E-state index in [2.05, 4.69) is 15.2 Å². The molecule has 0 N–H and O–H groups in total. The standard InChI is InChI=1S/C24H21N5O3S/c30-24-20-6-5-18(33-19-13-26-28(15-19)23-3-1-2-9-32-23)11-16(20)12-25-29(24)14-17-4-7-22-21(27-17)8-10-31-22/h4-8,10-13,15,23H,1-3,9,14H2. The van der Waals surface area contributed by atoms with Gasteiger partial charge >= 0.3 is 0 Å². The van der Waals surface area contributed by atoms with Gasteiger partial charge in [-0.3, -0.25) is 4.79 Å². The van der Waals surface area contributed by atoms with E-state index in [0.717, 1.165) is 57.8 Å². The third-order valence-corrected chi connectivity index (χ3v) is 6.70. The predicted molar refractivity (Wildman–Crippen MR) is 124 cm³/mol. The van der Waals surface area contributed by atoms with Crippen molar-refractivity contribution in [2.45, 2.75) is 41.8 Å². The van der Waals surface area contributed by atoms with E-state index in [9.17, 15) is 4.79 Å². The Hall–Kier alpha value is -3.43. The van der Waals surface area contributed by atoms with Crippen molar-refractivity contribution in [2.24, 2.45) is 0 Å². The van der Waals surface area contributed by atoms with Gasteiger partial charge < -0.3 is 9.15 Å². The van der Waals surface area contributed by atoms with Gasteiger partial charge in [0.1, 0.15) is 11.7 Å². The summed E-state index contributed by atoms with van der Waals surface area (Å²) in [5.74, 6) is 0.